The van der Waals surface area contributed by atoms with Crippen molar-refractivity contribution in [3.05, 3.63) is 0 Å². The quantitative estimate of drug-likeness (QED) is 0.272. The second-order valence-corrected chi connectivity index (χ2v) is 6.50. The summed E-state index contributed by atoms with van der Waals surface area (Å²) in [6.45, 7) is 2.66. The molecular weight excluding hydrogens is 244 g/mol. The third-order valence-corrected chi connectivity index (χ3v) is 4.26. The maximum atomic E-state index is 9.88. The molecule has 1 heterocycles. The van der Waals surface area contributed by atoms with Crippen LogP contribution in [-0.2, 0) is 0 Å². The topological polar surface area (TPSA) is 85.3 Å². The normalized spacial score (nSPS) is 31.1. The maximum Gasteiger partial charge on any atom is 0.139 e. The Balaban J connectivity index is 1.93. The Morgan fingerprint density at radius 2 is 2.16 bits per heavy atom. The van der Waals surface area contributed by atoms with Crippen LogP contribution in [-0.4, -0.2) is 71.8 Å². The first-order valence-electron chi connectivity index (χ1n) is 6.97. The highest BCUT2D eigenvalue weighted by Gasteiger charge is 2.47. The van der Waals surface area contributed by atoms with Gasteiger partial charge >= 0.3 is 0 Å². The number of amidine groups is 1. The Morgan fingerprint density at radius 3 is 2.68 bits per heavy atom. The van der Waals surface area contributed by atoms with Crippen LogP contribution >= 0.6 is 0 Å². The lowest BCUT2D eigenvalue weighted by Crippen LogP contribution is -2.41. The summed E-state index contributed by atoms with van der Waals surface area (Å²) in [4.78, 5) is 4.54. The van der Waals surface area contributed by atoms with Gasteiger partial charge in [-0.05, 0) is 38.8 Å². The summed E-state index contributed by atoms with van der Waals surface area (Å²) >= 11 is 0. The van der Waals surface area contributed by atoms with Crippen molar-refractivity contribution in [3.63, 3.8) is 0 Å². The molecule has 0 bridgehead atoms. The molecular formula is C13H26N4O2. The number of nitrogens with two attached hydrogens (primary N) is 1. The number of hydrogen-bond acceptors (Lipinski definition) is 5. The Labute approximate surface area is 114 Å². The Bertz CT molecular complexity index is 342. The van der Waals surface area contributed by atoms with E-state index in [1.165, 1.54) is 0 Å². The third kappa shape index (κ3) is 3.81. The van der Waals surface area contributed by atoms with Crippen LogP contribution < -0.4 is 5.73 Å². The van der Waals surface area contributed by atoms with Crippen LogP contribution in [0.2, 0.25) is 0 Å². The fourth-order valence-electron chi connectivity index (χ4n) is 3.18. The van der Waals surface area contributed by atoms with Crippen molar-refractivity contribution in [2.75, 3.05) is 33.7 Å². The number of oxime groups is 1. The molecule has 2 unspecified atom stereocenters. The molecule has 1 saturated carbocycles. The molecule has 19 heavy (non-hydrogen) atoms. The van der Waals surface area contributed by atoms with Crippen LogP contribution in [0.25, 0.3) is 0 Å². The Hall–Kier alpha value is -0.850. The molecule has 110 valence electrons. The van der Waals surface area contributed by atoms with Gasteiger partial charge in [-0.3, -0.25) is 4.90 Å². The van der Waals surface area contributed by atoms with E-state index in [1.54, 1.807) is 0 Å². The fraction of sp³-hybridized carbons (Fsp3) is 0.923. The Kier molecular flexibility index (Phi) is 4.32. The molecule has 0 radical (unpaired) electrons. The number of aliphatic hydroxyl groups excluding tert-OH is 1. The van der Waals surface area contributed by atoms with E-state index in [9.17, 15) is 5.11 Å². The van der Waals surface area contributed by atoms with E-state index in [0.29, 0.717) is 18.3 Å². The van der Waals surface area contributed by atoms with E-state index in [-0.39, 0.29) is 11.5 Å². The van der Waals surface area contributed by atoms with Crippen molar-refractivity contribution < 1.29 is 10.3 Å². The predicted octanol–water partition coefficient (Wildman–Crippen LogP) is -0.100. The average Bonchev–Trinajstić information content (AvgIpc) is 2.97. The van der Waals surface area contributed by atoms with Crippen molar-refractivity contribution in [2.45, 2.75) is 37.8 Å². The highest BCUT2D eigenvalue weighted by Crippen LogP contribution is 2.50. The van der Waals surface area contributed by atoms with Gasteiger partial charge in [-0.15, -0.1) is 0 Å². The molecule has 0 spiro atoms. The van der Waals surface area contributed by atoms with Gasteiger partial charge < -0.3 is 20.9 Å². The van der Waals surface area contributed by atoms with E-state index in [2.05, 4.69) is 29.1 Å². The van der Waals surface area contributed by atoms with E-state index in [1.807, 2.05) is 0 Å². The molecule has 4 N–H and O–H groups in total. The van der Waals surface area contributed by atoms with Crippen LogP contribution in [0.5, 0.6) is 0 Å². The number of likely N-dealkylation sites (tertiary alicyclic amines) is 1. The SMILES string of the molecule is CN(C)CC1CC(O)CN1CC1(CC(N)=NO)CC1. The smallest absolute Gasteiger partial charge is 0.139 e. The van der Waals surface area contributed by atoms with Gasteiger partial charge in [0, 0.05) is 32.1 Å². The largest absolute Gasteiger partial charge is 0.409 e. The number of β-amino-alcohol motifs (C(OH)–C–C–N with tert-alkyl or cyclic N) is 1. The molecule has 2 fully saturated rings. The standard InChI is InChI=1S/C13H26N4O2/c1-16(2)7-10-5-11(18)8-17(10)9-13(3-4-13)6-12(14)15-19/h10-11,18-19H,3-9H2,1-2H3,(H2,14,15). The van der Waals surface area contributed by atoms with Gasteiger partial charge in [0.05, 0.1) is 6.10 Å². The minimum absolute atomic E-state index is 0.172. The first-order chi connectivity index (χ1) is 8.94. The van der Waals surface area contributed by atoms with Crippen LogP contribution in [0.15, 0.2) is 5.16 Å². The lowest BCUT2D eigenvalue weighted by Gasteiger charge is -2.30. The Morgan fingerprint density at radius 1 is 1.47 bits per heavy atom. The zero-order chi connectivity index (χ0) is 14.0. The molecule has 2 aliphatic rings. The number of hydrogen-bond donors (Lipinski definition) is 3. The van der Waals surface area contributed by atoms with Crippen molar-refractivity contribution in [3.8, 4) is 0 Å². The lowest BCUT2D eigenvalue weighted by atomic mass is 10.0. The van der Waals surface area contributed by atoms with E-state index >= 15 is 0 Å². The van der Waals surface area contributed by atoms with Crippen molar-refractivity contribution in [1.82, 2.24) is 9.80 Å². The van der Waals surface area contributed by atoms with Gasteiger partial charge in [-0.1, -0.05) is 5.16 Å². The van der Waals surface area contributed by atoms with Gasteiger partial charge in [0.2, 0.25) is 0 Å². The first kappa shape index (κ1) is 14.6. The van der Waals surface area contributed by atoms with E-state index in [4.69, 9.17) is 10.9 Å². The molecule has 1 aliphatic heterocycles. The van der Waals surface area contributed by atoms with Gasteiger partial charge in [-0.2, -0.15) is 0 Å². The van der Waals surface area contributed by atoms with Crippen molar-refractivity contribution in [1.29, 1.82) is 0 Å². The maximum absolute atomic E-state index is 9.88. The van der Waals surface area contributed by atoms with E-state index < -0.39 is 0 Å². The van der Waals surface area contributed by atoms with Gasteiger partial charge in [-0.25, -0.2) is 0 Å². The van der Waals surface area contributed by atoms with Gasteiger partial charge in [0.15, 0.2) is 0 Å². The monoisotopic (exact) mass is 270 g/mol. The average molecular weight is 270 g/mol. The zero-order valence-electron chi connectivity index (χ0n) is 11.9. The predicted molar refractivity (Wildman–Crippen MR) is 74.2 cm³/mol. The second-order valence-electron chi connectivity index (χ2n) is 6.50. The van der Waals surface area contributed by atoms with Crippen LogP contribution in [0.1, 0.15) is 25.7 Å². The molecule has 6 nitrogen and oxygen atoms in total. The summed E-state index contributed by atoms with van der Waals surface area (Å²) in [6, 6.07) is 0.412. The number of nitrogens with zero attached hydrogens (tertiary/aromatic N) is 3. The molecule has 1 aliphatic carbocycles. The molecule has 0 amide bonds. The first-order valence-corrected chi connectivity index (χ1v) is 6.97. The zero-order valence-corrected chi connectivity index (χ0v) is 11.9. The summed E-state index contributed by atoms with van der Waals surface area (Å²) < 4.78 is 0. The highest BCUT2D eigenvalue weighted by atomic mass is 16.4. The minimum Gasteiger partial charge on any atom is -0.409 e. The minimum atomic E-state index is -0.218. The molecule has 1 saturated heterocycles. The van der Waals surface area contributed by atoms with Crippen LogP contribution in [0.4, 0.5) is 0 Å². The second kappa shape index (κ2) is 5.64. The molecule has 0 aromatic heterocycles. The number of rotatable bonds is 6. The van der Waals surface area contributed by atoms with Crippen molar-refractivity contribution >= 4 is 5.84 Å². The number of aliphatic hydroxyl groups is 1. The van der Waals surface area contributed by atoms with Crippen molar-refractivity contribution in [2.24, 2.45) is 16.3 Å². The summed E-state index contributed by atoms with van der Waals surface area (Å²) in [6.07, 6.45) is 3.54. The fourth-order valence-corrected chi connectivity index (χ4v) is 3.18. The molecule has 2 rings (SSSR count). The molecule has 6 heteroatoms. The van der Waals surface area contributed by atoms with Crippen LogP contribution in [0, 0.1) is 5.41 Å². The van der Waals surface area contributed by atoms with Crippen LogP contribution in [0.3, 0.4) is 0 Å². The molecule has 2 atom stereocenters. The third-order valence-electron chi connectivity index (χ3n) is 4.26. The number of likely N-dealkylation sites (N-methyl/N-ethyl adjacent to an activating group) is 1. The molecule has 0 aromatic rings. The van der Waals surface area contributed by atoms with Gasteiger partial charge in [0.25, 0.3) is 0 Å². The summed E-state index contributed by atoms with van der Waals surface area (Å²) in [7, 11) is 4.12. The lowest BCUT2D eigenvalue weighted by molar-refractivity contribution is 0.154. The van der Waals surface area contributed by atoms with Gasteiger partial charge in [0.1, 0.15) is 5.84 Å². The summed E-state index contributed by atoms with van der Waals surface area (Å²) in [5, 5.41) is 21.7. The summed E-state index contributed by atoms with van der Waals surface area (Å²) in [5.74, 6) is 0.321. The van der Waals surface area contributed by atoms with E-state index in [0.717, 1.165) is 38.9 Å². The molecule has 0 aromatic carbocycles. The summed E-state index contributed by atoms with van der Waals surface area (Å²) in [5.41, 5.74) is 5.81. The highest BCUT2D eigenvalue weighted by molar-refractivity contribution is 5.80.